The lowest BCUT2D eigenvalue weighted by Crippen LogP contribution is -2.49. The highest BCUT2D eigenvalue weighted by Crippen LogP contribution is 2.24. The molecule has 0 aromatic heterocycles. The quantitative estimate of drug-likeness (QED) is 0.826. The van der Waals surface area contributed by atoms with E-state index < -0.39 is 0 Å². The molecule has 2 heterocycles. The maximum Gasteiger partial charge on any atom is 0.317 e. The average Bonchev–Trinajstić information content (AvgIpc) is 2.96. The molecule has 6 heteroatoms. The van der Waals surface area contributed by atoms with Crippen LogP contribution in [0.5, 0.6) is 0 Å². The van der Waals surface area contributed by atoms with Gasteiger partial charge < -0.3 is 19.9 Å². The first-order chi connectivity index (χ1) is 12.2. The summed E-state index contributed by atoms with van der Waals surface area (Å²) in [5.41, 5.74) is 0. The van der Waals surface area contributed by atoms with Crippen molar-refractivity contribution >= 4 is 11.9 Å². The number of carbonyl (C=O) groups excluding carboxylic acids is 2. The van der Waals surface area contributed by atoms with Crippen molar-refractivity contribution in [3.05, 3.63) is 0 Å². The Labute approximate surface area is 151 Å². The van der Waals surface area contributed by atoms with Crippen LogP contribution in [0.3, 0.4) is 0 Å². The zero-order chi connectivity index (χ0) is 17.6. The third-order valence-corrected chi connectivity index (χ3v) is 6.01. The molecule has 3 fully saturated rings. The van der Waals surface area contributed by atoms with E-state index in [-0.39, 0.29) is 11.9 Å². The normalized spacial score (nSPS) is 26.3. The van der Waals surface area contributed by atoms with Gasteiger partial charge in [-0.05, 0) is 31.6 Å². The molecule has 0 aromatic carbocycles. The van der Waals surface area contributed by atoms with E-state index in [1.807, 2.05) is 9.80 Å². The third-order valence-electron chi connectivity index (χ3n) is 6.01. The summed E-state index contributed by atoms with van der Waals surface area (Å²) >= 11 is 0. The van der Waals surface area contributed by atoms with Gasteiger partial charge in [-0.25, -0.2) is 4.79 Å². The number of urea groups is 1. The van der Waals surface area contributed by atoms with Gasteiger partial charge in [-0.15, -0.1) is 0 Å². The van der Waals surface area contributed by atoms with Crippen LogP contribution < -0.4 is 5.32 Å². The number of hydrogen-bond acceptors (Lipinski definition) is 3. The van der Waals surface area contributed by atoms with E-state index >= 15 is 0 Å². The maximum atomic E-state index is 12.4. The number of carbonyl (C=O) groups is 2. The molecule has 2 aliphatic heterocycles. The van der Waals surface area contributed by atoms with Gasteiger partial charge in [-0.3, -0.25) is 4.79 Å². The summed E-state index contributed by atoms with van der Waals surface area (Å²) in [6, 6.07) is 0.488. The summed E-state index contributed by atoms with van der Waals surface area (Å²) in [5, 5.41) is 3.21. The molecule has 3 rings (SSSR count). The Morgan fingerprint density at radius 3 is 2.52 bits per heavy atom. The second-order valence-corrected chi connectivity index (χ2v) is 8.04. The van der Waals surface area contributed by atoms with Crippen molar-refractivity contribution in [3.63, 3.8) is 0 Å². The lowest BCUT2D eigenvalue weighted by molar-refractivity contribution is -0.128. The van der Waals surface area contributed by atoms with Gasteiger partial charge in [0.1, 0.15) is 0 Å². The molecule has 6 nitrogen and oxygen atoms in total. The number of likely N-dealkylation sites (tertiary alicyclic amines) is 2. The van der Waals surface area contributed by atoms with E-state index in [0.717, 1.165) is 51.9 Å². The van der Waals surface area contributed by atoms with Gasteiger partial charge in [0.15, 0.2) is 0 Å². The summed E-state index contributed by atoms with van der Waals surface area (Å²) in [6.07, 6.45) is 8.65. The number of hydrogen-bond donors (Lipinski definition) is 1. The summed E-state index contributed by atoms with van der Waals surface area (Å²) in [6.45, 7) is 3.97. The molecular weight excluding hydrogens is 318 g/mol. The van der Waals surface area contributed by atoms with Crippen molar-refractivity contribution in [2.45, 2.75) is 57.4 Å². The second kappa shape index (κ2) is 8.88. The van der Waals surface area contributed by atoms with Crippen LogP contribution in [0.1, 0.15) is 51.4 Å². The molecule has 2 saturated heterocycles. The molecule has 0 radical (unpaired) electrons. The number of methoxy groups -OCH3 is 1. The van der Waals surface area contributed by atoms with Crippen LogP contribution in [0.2, 0.25) is 0 Å². The lowest BCUT2D eigenvalue weighted by Gasteiger charge is -2.35. The summed E-state index contributed by atoms with van der Waals surface area (Å²) in [5.74, 6) is 1.13. The Hall–Kier alpha value is -1.30. The number of amides is 3. The molecule has 1 N–H and O–H groups in total. The number of nitrogens with zero attached hydrogens (tertiary/aromatic N) is 2. The van der Waals surface area contributed by atoms with E-state index in [0.29, 0.717) is 30.9 Å². The predicted octanol–water partition coefficient (Wildman–Crippen LogP) is 2.24. The van der Waals surface area contributed by atoms with Gasteiger partial charge >= 0.3 is 6.03 Å². The van der Waals surface area contributed by atoms with E-state index in [1.54, 1.807) is 7.11 Å². The van der Waals surface area contributed by atoms with Crippen LogP contribution in [0, 0.1) is 11.8 Å². The van der Waals surface area contributed by atoms with Crippen LogP contribution in [0.15, 0.2) is 0 Å². The molecule has 1 atom stereocenters. The molecular formula is C19H33N3O3. The molecule has 3 amide bonds. The number of rotatable bonds is 5. The molecule has 1 saturated carbocycles. The van der Waals surface area contributed by atoms with Crippen molar-refractivity contribution in [2.24, 2.45) is 11.8 Å². The second-order valence-electron chi connectivity index (χ2n) is 8.04. The minimum absolute atomic E-state index is 0.114. The molecule has 0 spiro atoms. The number of nitrogens with one attached hydrogen (secondary N) is 1. The van der Waals surface area contributed by atoms with Gasteiger partial charge in [0.25, 0.3) is 0 Å². The van der Waals surface area contributed by atoms with Crippen LogP contribution in [-0.2, 0) is 9.53 Å². The smallest absolute Gasteiger partial charge is 0.317 e. The fourth-order valence-corrected chi connectivity index (χ4v) is 4.52. The lowest BCUT2D eigenvalue weighted by atomic mass is 9.95. The third kappa shape index (κ3) is 5.09. The van der Waals surface area contributed by atoms with Crippen molar-refractivity contribution < 1.29 is 14.3 Å². The minimum atomic E-state index is 0.114. The first-order valence-electron chi connectivity index (χ1n) is 9.98. The van der Waals surface area contributed by atoms with Crippen molar-refractivity contribution in [1.82, 2.24) is 15.1 Å². The van der Waals surface area contributed by atoms with Gasteiger partial charge in [0.2, 0.25) is 5.91 Å². The molecule has 0 aromatic rings. The maximum absolute atomic E-state index is 12.4. The first kappa shape index (κ1) is 18.5. The molecule has 142 valence electrons. The fourth-order valence-electron chi connectivity index (χ4n) is 4.52. The minimum Gasteiger partial charge on any atom is -0.384 e. The molecule has 0 bridgehead atoms. The standard InChI is InChI=1S/C19H33N3O3/c1-25-14-16-11-18(23)22(13-16)12-15-7-9-21(10-8-15)19(24)20-17-5-3-2-4-6-17/h15-17H,2-14H2,1H3,(H,20,24). The van der Waals surface area contributed by atoms with Gasteiger partial charge in [0.05, 0.1) is 6.61 Å². The molecule has 1 unspecified atom stereocenters. The SMILES string of the molecule is COCC1CC(=O)N(CC2CCN(C(=O)NC3CCCCC3)CC2)C1. The molecule has 1 aliphatic carbocycles. The Bertz CT molecular complexity index is 457. The number of ether oxygens (including phenoxy) is 1. The topological polar surface area (TPSA) is 61.9 Å². The Morgan fingerprint density at radius 1 is 1.12 bits per heavy atom. The Morgan fingerprint density at radius 2 is 1.84 bits per heavy atom. The van der Waals surface area contributed by atoms with Crippen LogP contribution in [0.25, 0.3) is 0 Å². The molecule has 3 aliphatic rings. The summed E-state index contributed by atoms with van der Waals surface area (Å²) < 4.78 is 5.19. The Kier molecular flexibility index (Phi) is 6.57. The first-order valence-corrected chi connectivity index (χ1v) is 9.98. The zero-order valence-electron chi connectivity index (χ0n) is 15.5. The van der Waals surface area contributed by atoms with Crippen molar-refractivity contribution in [1.29, 1.82) is 0 Å². The van der Waals surface area contributed by atoms with E-state index in [1.165, 1.54) is 19.3 Å². The van der Waals surface area contributed by atoms with E-state index in [4.69, 9.17) is 4.74 Å². The highest BCUT2D eigenvalue weighted by molar-refractivity contribution is 5.78. The van der Waals surface area contributed by atoms with Crippen molar-refractivity contribution in [3.8, 4) is 0 Å². The predicted molar refractivity (Wildman–Crippen MR) is 96.3 cm³/mol. The summed E-state index contributed by atoms with van der Waals surface area (Å²) in [7, 11) is 1.70. The monoisotopic (exact) mass is 351 g/mol. The van der Waals surface area contributed by atoms with Gasteiger partial charge in [0, 0.05) is 51.7 Å². The van der Waals surface area contributed by atoms with E-state index in [2.05, 4.69) is 5.32 Å². The highest BCUT2D eigenvalue weighted by atomic mass is 16.5. The van der Waals surface area contributed by atoms with Gasteiger partial charge in [-0.1, -0.05) is 19.3 Å². The summed E-state index contributed by atoms with van der Waals surface area (Å²) in [4.78, 5) is 28.5. The Balaban J connectivity index is 1.38. The highest BCUT2D eigenvalue weighted by Gasteiger charge is 2.32. The van der Waals surface area contributed by atoms with E-state index in [9.17, 15) is 9.59 Å². The van der Waals surface area contributed by atoms with Gasteiger partial charge in [-0.2, -0.15) is 0 Å². The zero-order valence-corrected chi connectivity index (χ0v) is 15.5. The largest absolute Gasteiger partial charge is 0.384 e. The van der Waals surface area contributed by atoms with Crippen LogP contribution in [-0.4, -0.2) is 67.7 Å². The fraction of sp³-hybridized carbons (Fsp3) is 0.895. The van der Waals surface area contributed by atoms with Crippen LogP contribution in [0.4, 0.5) is 4.79 Å². The average molecular weight is 351 g/mol. The van der Waals surface area contributed by atoms with Crippen molar-refractivity contribution in [2.75, 3.05) is 39.9 Å². The number of piperidine rings is 1. The molecule has 25 heavy (non-hydrogen) atoms. The van der Waals surface area contributed by atoms with Crippen LogP contribution >= 0.6 is 0 Å².